The van der Waals surface area contributed by atoms with Crippen LogP contribution in [0.3, 0.4) is 0 Å². The molecule has 15 heavy (non-hydrogen) atoms. The number of amides is 1. The number of carbonyl (C=O) groups excluding carboxylic acids is 1. The second kappa shape index (κ2) is 7.04. The summed E-state index contributed by atoms with van der Waals surface area (Å²) >= 11 is 0. The lowest BCUT2D eigenvalue weighted by atomic mass is 10.1. The number of nitrogens with one attached hydrogen (secondary N) is 1. The maximum atomic E-state index is 11.4. The maximum absolute atomic E-state index is 11.4. The van der Waals surface area contributed by atoms with Crippen LogP contribution in [0.15, 0.2) is 0 Å². The van der Waals surface area contributed by atoms with E-state index < -0.39 is 6.04 Å². The Hall–Kier alpha value is -0.320. The second-order valence-electron chi connectivity index (χ2n) is 4.15. The molecule has 1 fully saturated rings. The molecule has 0 radical (unpaired) electrons. The summed E-state index contributed by atoms with van der Waals surface area (Å²) in [6.07, 6.45) is 2.33. The van der Waals surface area contributed by atoms with Crippen LogP contribution >= 0.6 is 12.4 Å². The molecule has 0 aromatic rings. The van der Waals surface area contributed by atoms with Gasteiger partial charge in [0.05, 0.1) is 12.1 Å². The van der Waals surface area contributed by atoms with Crippen LogP contribution in [0.5, 0.6) is 0 Å². The molecule has 1 aliphatic rings. The van der Waals surface area contributed by atoms with Gasteiger partial charge in [-0.15, -0.1) is 12.4 Å². The Bertz CT molecular complexity index is 194. The number of hydrogen-bond acceptors (Lipinski definition) is 3. The van der Waals surface area contributed by atoms with Crippen LogP contribution in [0.25, 0.3) is 0 Å². The van der Waals surface area contributed by atoms with Crippen molar-refractivity contribution < 1.29 is 9.53 Å². The molecule has 1 amide bonds. The van der Waals surface area contributed by atoms with Gasteiger partial charge in [-0.3, -0.25) is 4.79 Å². The zero-order valence-corrected chi connectivity index (χ0v) is 10.2. The van der Waals surface area contributed by atoms with Crippen molar-refractivity contribution in [2.24, 2.45) is 11.7 Å². The Kier molecular flexibility index (Phi) is 6.89. The van der Waals surface area contributed by atoms with E-state index in [1.54, 1.807) is 0 Å². The molecule has 1 aliphatic heterocycles. The van der Waals surface area contributed by atoms with Gasteiger partial charge in [0.2, 0.25) is 5.91 Å². The van der Waals surface area contributed by atoms with Crippen molar-refractivity contribution in [3.63, 3.8) is 0 Å². The molecular weight excluding hydrogens is 216 g/mol. The topological polar surface area (TPSA) is 64.4 Å². The predicted molar refractivity (Wildman–Crippen MR) is 62.0 cm³/mol. The van der Waals surface area contributed by atoms with E-state index >= 15 is 0 Å². The highest BCUT2D eigenvalue weighted by atomic mass is 35.5. The molecular formula is C10H21ClN2O2. The average molecular weight is 237 g/mol. The summed E-state index contributed by atoms with van der Waals surface area (Å²) < 4.78 is 5.39. The van der Waals surface area contributed by atoms with Crippen molar-refractivity contribution >= 4 is 18.3 Å². The van der Waals surface area contributed by atoms with Crippen molar-refractivity contribution in [1.82, 2.24) is 5.32 Å². The van der Waals surface area contributed by atoms with E-state index in [1.807, 2.05) is 13.8 Å². The van der Waals surface area contributed by atoms with E-state index in [-0.39, 0.29) is 30.3 Å². The first-order chi connectivity index (χ1) is 6.61. The number of carbonyl (C=O) groups is 1. The first kappa shape index (κ1) is 14.7. The van der Waals surface area contributed by atoms with Crippen molar-refractivity contribution in [2.45, 2.75) is 38.8 Å². The molecule has 1 unspecified atom stereocenters. The quantitative estimate of drug-likeness (QED) is 0.755. The minimum absolute atomic E-state index is 0. The van der Waals surface area contributed by atoms with Gasteiger partial charge in [0, 0.05) is 13.2 Å². The summed E-state index contributed by atoms with van der Waals surface area (Å²) in [5.74, 6) is 0.106. The molecule has 0 aliphatic carbocycles. The number of halogens is 1. The lowest BCUT2D eigenvalue weighted by Crippen LogP contribution is -2.46. The highest BCUT2D eigenvalue weighted by Gasteiger charge is 2.20. The lowest BCUT2D eigenvalue weighted by molar-refractivity contribution is -0.123. The molecule has 1 heterocycles. The summed E-state index contributed by atoms with van der Waals surface area (Å²) in [5.41, 5.74) is 5.69. The summed E-state index contributed by atoms with van der Waals surface area (Å²) in [5, 5.41) is 2.82. The van der Waals surface area contributed by atoms with E-state index in [0.717, 1.165) is 19.4 Å². The summed E-state index contributed by atoms with van der Waals surface area (Å²) in [4.78, 5) is 11.4. The largest absolute Gasteiger partial charge is 0.376 e. The minimum atomic E-state index is -0.406. The Morgan fingerprint density at radius 2 is 2.27 bits per heavy atom. The number of ether oxygens (including phenoxy) is 1. The molecule has 1 saturated heterocycles. The number of nitrogens with two attached hydrogens (primary N) is 1. The monoisotopic (exact) mass is 236 g/mol. The third-order valence-electron chi connectivity index (χ3n) is 2.55. The van der Waals surface area contributed by atoms with Gasteiger partial charge in [0.1, 0.15) is 0 Å². The van der Waals surface area contributed by atoms with Crippen LogP contribution in [0.4, 0.5) is 0 Å². The first-order valence-electron chi connectivity index (χ1n) is 5.26. The van der Waals surface area contributed by atoms with Crippen molar-refractivity contribution in [2.75, 3.05) is 13.2 Å². The standard InChI is InChI=1S/C10H20N2O2.ClH/c1-7(2)9(11)10(13)12-6-8-4-3-5-14-8;/h7-9H,3-6,11H2,1-2H3,(H,12,13);1H/t8?,9-;/m1./s1. The first-order valence-corrected chi connectivity index (χ1v) is 5.26. The van der Waals surface area contributed by atoms with Gasteiger partial charge in [-0.25, -0.2) is 0 Å². The summed E-state index contributed by atoms with van der Waals surface area (Å²) in [6.45, 7) is 5.29. The van der Waals surface area contributed by atoms with Gasteiger partial charge in [0.25, 0.3) is 0 Å². The number of hydrogen-bond donors (Lipinski definition) is 2. The molecule has 0 aromatic heterocycles. The Morgan fingerprint density at radius 1 is 1.60 bits per heavy atom. The van der Waals surface area contributed by atoms with E-state index in [9.17, 15) is 4.79 Å². The normalized spacial score (nSPS) is 22.3. The Balaban J connectivity index is 0.00000196. The van der Waals surface area contributed by atoms with Crippen LogP contribution in [0.2, 0.25) is 0 Å². The molecule has 0 bridgehead atoms. The van der Waals surface area contributed by atoms with Gasteiger partial charge in [-0.1, -0.05) is 13.8 Å². The predicted octanol–water partition coefficient (Wildman–Crippen LogP) is 0.687. The van der Waals surface area contributed by atoms with Crippen molar-refractivity contribution in [3.05, 3.63) is 0 Å². The SMILES string of the molecule is CC(C)[C@@H](N)C(=O)NCC1CCCO1.Cl. The molecule has 3 N–H and O–H groups in total. The highest BCUT2D eigenvalue weighted by molar-refractivity contribution is 5.85. The summed E-state index contributed by atoms with van der Waals surface area (Å²) in [6, 6.07) is -0.406. The van der Waals surface area contributed by atoms with Crippen LogP contribution in [0, 0.1) is 5.92 Å². The fraction of sp³-hybridized carbons (Fsp3) is 0.900. The molecule has 90 valence electrons. The van der Waals surface area contributed by atoms with Gasteiger partial charge in [-0.2, -0.15) is 0 Å². The van der Waals surface area contributed by atoms with Gasteiger partial charge >= 0.3 is 0 Å². The Morgan fingerprint density at radius 3 is 2.73 bits per heavy atom. The molecule has 2 atom stereocenters. The van der Waals surface area contributed by atoms with Gasteiger partial charge in [0.15, 0.2) is 0 Å². The highest BCUT2D eigenvalue weighted by Crippen LogP contribution is 2.10. The number of rotatable bonds is 4. The van der Waals surface area contributed by atoms with Crippen LogP contribution in [-0.4, -0.2) is 31.2 Å². The lowest BCUT2D eigenvalue weighted by Gasteiger charge is -2.17. The zero-order valence-electron chi connectivity index (χ0n) is 9.36. The molecule has 0 aromatic carbocycles. The van der Waals surface area contributed by atoms with Crippen LogP contribution in [-0.2, 0) is 9.53 Å². The minimum Gasteiger partial charge on any atom is -0.376 e. The van der Waals surface area contributed by atoms with E-state index in [2.05, 4.69) is 5.32 Å². The maximum Gasteiger partial charge on any atom is 0.237 e. The third kappa shape index (κ3) is 4.82. The van der Waals surface area contributed by atoms with Crippen molar-refractivity contribution in [1.29, 1.82) is 0 Å². The molecule has 5 heteroatoms. The van der Waals surface area contributed by atoms with Crippen LogP contribution < -0.4 is 11.1 Å². The van der Waals surface area contributed by atoms with E-state index in [4.69, 9.17) is 10.5 Å². The molecule has 0 saturated carbocycles. The molecule has 0 spiro atoms. The van der Waals surface area contributed by atoms with E-state index in [0.29, 0.717) is 6.54 Å². The van der Waals surface area contributed by atoms with Crippen LogP contribution in [0.1, 0.15) is 26.7 Å². The smallest absolute Gasteiger partial charge is 0.237 e. The summed E-state index contributed by atoms with van der Waals surface area (Å²) in [7, 11) is 0. The molecule has 1 rings (SSSR count). The average Bonchev–Trinajstić information content (AvgIpc) is 2.65. The Labute approximate surface area is 97.3 Å². The third-order valence-corrected chi connectivity index (χ3v) is 2.55. The fourth-order valence-corrected chi connectivity index (χ4v) is 1.44. The van der Waals surface area contributed by atoms with E-state index in [1.165, 1.54) is 0 Å². The van der Waals surface area contributed by atoms with Gasteiger partial charge < -0.3 is 15.8 Å². The fourth-order valence-electron chi connectivity index (χ4n) is 1.44. The second-order valence-corrected chi connectivity index (χ2v) is 4.15. The van der Waals surface area contributed by atoms with Crippen molar-refractivity contribution in [3.8, 4) is 0 Å². The zero-order chi connectivity index (χ0) is 10.6. The van der Waals surface area contributed by atoms with Gasteiger partial charge in [-0.05, 0) is 18.8 Å². The molecule has 4 nitrogen and oxygen atoms in total.